The third-order valence-corrected chi connectivity index (χ3v) is 4.21. The van der Waals surface area contributed by atoms with E-state index in [1.54, 1.807) is 0 Å². The van der Waals surface area contributed by atoms with Crippen molar-refractivity contribution in [2.24, 2.45) is 0 Å². The SMILES string of the molecule is CCNC(c1ccccc1Cl)C(C)(C)c1ccccc1. The molecule has 0 radical (unpaired) electrons. The number of benzene rings is 2. The van der Waals surface area contributed by atoms with Crippen LogP contribution in [0.15, 0.2) is 54.6 Å². The van der Waals surface area contributed by atoms with E-state index in [0.29, 0.717) is 0 Å². The lowest BCUT2D eigenvalue weighted by molar-refractivity contribution is 0.354. The van der Waals surface area contributed by atoms with E-state index >= 15 is 0 Å². The summed E-state index contributed by atoms with van der Waals surface area (Å²) < 4.78 is 0. The summed E-state index contributed by atoms with van der Waals surface area (Å²) >= 11 is 6.41. The molecule has 0 aliphatic heterocycles. The highest BCUT2D eigenvalue weighted by Crippen LogP contribution is 2.39. The molecule has 0 fully saturated rings. The quantitative estimate of drug-likeness (QED) is 0.819. The number of rotatable bonds is 5. The van der Waals surface area contributed by atoms with Gasteiger partial charge in [0.25, 0.3) is 0 Å². The van der Waals surface area contributed by atoms with Crippen molar-refractivity contribution < 1.29 is 0 Å². The van der Waals surface area contributed by atoms with Crippen molar-refractivity contribution >= 4 is 11.6 Å². The Kier molecular flexibility index (Phi) is 4.85. The van der Waals surface area contributed by atoms with Crippen molar-refractivity contribution in [1.29, 1.82) is 0 Å². The summed E-state index contributed by atoms with van der Waals surface area (Å²) in [4.78, 5) is 0. The molecule has 2 aromatic carbocycles. The first-order chi connectivity index (χ1) is 9.57. The van der Waals surface area contributed by atoms with E-state index in [1.807, 2.05) is 18.2 Å². The van der Waals surface area contributed by atoms with Gasteiger partial charge >= 0.3 is 0 Å². The van der Waals surface area contributed by atoms with Gasteiger partial charge in [0.15, 0.2) is 0 Å². The van der Waals surface area contributed by atoms with Crippen LogP contribution in [0.4, 0.5) is 0 Å². The lowest BCUT2D eigenvalue weighted by Crippen LogP contribution is -2.37. The minimum Gasteiger partial charge on any atom is -0.309 e. The third-order valence-electron chi connectivity index (χ3n) is 3.86. The van der Waals surface area contributed by atoms with Crippen LogP contribution in [0.1, 0.15) is 37.9 Å². The first-order valence-electron chi connectivity index (χ1n) is 7.10. The molecule has 2 aromatic rings. The Labute approximate surface area is 127 Å². The van der Waals surface area contributed by atoms with E-state index in [2.05, 4.69) is 62.5 Å². The van der Waals surface area contributed by atoms with Crippen LogP contribution in [-0.4, -0.2) is 6.54 Å². The van der Waals surface area contributed by atoms with Gasteiger partial charge in [-0.05, 0) is 23.7 Å². The second kappa shape index (κ2) is 6.43. The van der Waals surface area contributed by atoms with E-state index in [1.165, 1.54) is 5.56 Å². The number of halogens is 1. The van der Waals surface area contributed by atoms with Crippen molar-refractivity contribution in [1.82, 2.24) is 5.32 Å². The van der Waals surface area contributed by atoms with Crippen molar-refractivity contribution in [3.05, 3.63) is 70.7 Å². The Balaban J connectivity index is 2.45. The Morgan fingerprint density at radius 1 is 1.00 bits per heavy atom. The molecule has 0 bridgehead atoms. The molecule has 2 rings (SSSR count). The summed E-state index contributed by atoms with van der Waals surface area (Å²) in [7, 11) is 0. The van der Waals surface area contributed by atoms with Gasteiger partial charge < -0.3 is 5.32 Å². The summed E-state index contributed by atoms with van der Waals surface area (Å²) in [5.74, 6) is 0. The van der Waals surface area contributed by atoms with Crippen molar-refractivity contribution in [2.45, 2.75) is 32.2 Å². The molecule has 2 heteroatoms. The Morgan fingerprint density at radius 3 is 2.20 bits per heavy atom. The van der Waals surface area contributed by atoms with E-state index < -0.39 is 0 Å². The van der Waals surface area contributed by atoms with Gasteiger partial charge in [0, 0.05) is 16.5 Å². The van der Waals surface area contributed by atoms with Crippen LogP contribution in [0.5, 0.6) is 0 Å². The molecule has 0 amide bonds. The maximum Gasteiger partial charge on any atom is 0.0454 e. The Hall–Kier alpha value is -1.31. The molecule has 0 aliphatic rings. The minimum absolute atomic E-state index is 0.0394. The lowest BCUT2D eigenvalue weighted by Gasteiger charge is -2.36. The number of nitrogens with one attached hydrogen (secondary N) is 1. The first-order valence-corrected chi connectivity index (χ1v) is 7.48. The molecule has 0 saturated carbocycles. The van der Waals surface area contributed by atoms with Gasteiger partial charge in [0.1, 0.15) is 0 Å². The molecular weight excluding hydrogens is 266 g/mol. The zero-order valence-electron chi connectivity index (χ0n) is 12.4. The summed E-state index contributed by atoms with van der Waals surface area (Å²) in [6.07, 6.45) is 0. The number of hydrogen-bond acceptors (Lipinski definition) is 1. The molecule has 20 heavy (non-hydrogen) atoms. The van der Waals surface area contributed by atoms with E-state index in [0.717, 1.165) is 17.1 Å². The average Bonchev–Trinajstić information content (AvgIpc) is 2.46. The fourth-order valence-corrected chi connectivity index (χ4v) is 2.95. The van der Waals surface area contributed by atoms with Crippen LogP contribution < -0.4 is 5.32 Å². The normalized spacial score (nSPS) is 13.2. The summed E-state index contributed by atoms with van der Waals surface area (Å²) in [5.41, 5.74) is 2.43. The molecule has 0 aromatic heterocycles. The van der Waals surface area contributed by atoms with Gasteiger partial charge in [-0.3, -0.25) is 0 Å². The van der Waals surface area contributed by atoms with Crippen molar-refractivity contribution in [3.63, 3.8) is 0 Å². The van der Waals surface area contributed by atoms with Gasteiger partial charge in [-0.2, -0.15) is 0 Å². The van der Waals surface area contributed by atoms with Gasteiger partial charge in [0.05, 0.1) is 0 Å². The predicted molar refractivity (Wildman–Crippen MR) is 87.3 cm³/mol. The molecule has 0 spiro atoms. The highest BCUT2D eigenvalue weighted by molar-refractivity contribution is 6.31. The predicted octanol–water partition coefficient (Wildman–Crippen LogP) is 4.97. The van der Waals surface area contributed by atoms with Crippen molar-refractivity contribution in [2.75, 3.05) is 6.54 Å². The van der Waals surface area contributed by atoms with E-state index in [4.69, 9.17) is 11.6 Å². The molecule has 1 unspecified atom stereocenters. The number of likely N-dealkylation sites (N-methyl/N-ethyl adjacent to an activating group) is 1. The number of hydrogen-bond donors (Lipinski definition) is 1. The van der Waals surface area contributed by atoms with Crippen LogP contribution in [0, 0.1) is 0 Å². The molecule has 1 N–H and O–H groups in total. The van der Waals surface area contributed by atoms with Gasteiger partial charge in [-0.1, -0.05) is 80.9 Å². The maximum atomic E-state index is 6.41. The maximum absolute atomic E-state index is 6.41. The van der Waals surface area contributed by atoms with E-state index in [9.17, 15) is 0 Å². The molecular formula is C18H22ClN. The lowest BCUT2D eigenvalue weighted by atomic mass is 9.75. The fraction of sp³-hybridized carbons (Fsp3) is 0.333. The van der Waals surface area contributed by atoms with E-state index in [-0.39, 0.29) is 11.5 Å². The van der Waals surface area contributed by atoms with Crippen LogP contribution in [0.3, 0.4) is 0 Å². The Morgan fingerprint density at radius 2 is 1.60 bits per heavy atom. The summed E-state index contributed by atoms with van der Waals surface area (Å²) in [5, 5.41) is 4.42. The fourth-order valence-electron chi connectivity index (χ4n) is 2.70. The second-order valence-electron chi connectivity index (χ2n) is 5.60. The smallest absolute Gasteiger partial charge is 0.0454 e. The van der Waals surface area contributed by atoms with Crippen LogP contribution in [0.2, 0.25) is 5.02 Å². The third kappa shape index (κ3) is 3.05. The molecule has 106 valence electrons. The molecule has 0 saturated heterocycles. The monoisotopic (exact) mass is 287 g/mol. The standard InChI is InChI=1S/C18H22ClN/c1-4-20-17(15-12-8-9-13-16(15)19)18(2,3)14-10-6-5-7-11-14/h5-13,17,20H,4H2,1-3H3. The molecule has 1 atom stereocenters. The zero-order valence-corrected chi connectivity index (χ0v) is 13.1. The van der Waals surface area contributed by atoms with Gasteiger partial charge in [-0.25, -0.2) is 0 Å². The highest BCUT2D eigenvalue weighted by atomic mass is 35.5. The zero-order chi connectivity index (χ0) is 14.6. The minimum atomic E-state index is -0.0394. The first kappa shape index (κ1) is 15.1. The average molecular weight is 288 g/mol. The van der Waals surface area contributed by atoms with Gasteiger partial charge in [0.2, 0.25) is 0 Å². The van der Waals surface area contributed by atoms with Crippen LogP contribution in [0.25, 0.3) is 0 Å². The highest BCUT2D eigenvalue weighted by Gasteiger charge is 2.32. The van der Waals surface area contributed by atoms with Crippen molar-refractivity contribution in [3.8, 4) is 0 Å². The topological polar surface area (TPSA) is 12.0 Å². The molecule has 0 aliphatic carbocycles. The van der Waals surface area contributed by atoms with Gasteiger partial charge in [-0.15, -0.1) is 0 Å². The molecule has 0 heterocycles. The largest absolute Gasteiger partial charge is 0.309 e. The Bertz CT molecular complexity index is 548. The summed E-state index contributed by atoms with van der Waals surface area (Å²) in [6.45, 7) is 7.56. The molecule has 1 nitrogen and oxygen atoms in total. The summed E-state index contributed by atoms with van der Waals surface area (Å²) in [6, 6.07) is 18.9. The van der Waals surface area contributed by atoms with Crippen LogP contribution >= 0.6 is 11.6 Å². The second-order valence-corrected chi connectivity index (χ2v) is 6.01. The van der Waals surface area contributed by atoms with Crippen LogP contribution in [-0.2, 0) is 5.41 Å².